The number of anilines is 1. The summed E-state index contributed by atoms with van der Waals surface area (Å²) in [5.41, 5.74) is 5.09. The van der Waals surface area contributed by atoms with Crippen molar-refractivity contribution in [3.8, 4) is 11.1 Å². The summed E-state index contributed by atoms with van der Waals surface area (Å²) in [4.78, 5) is 35.5. The van der Waals surface area contributed by atoms with Gasteiger partial charge < -0.3 is 9.80 Å². The summed E-state index contributed by atoms with van der Waals surface area (Å²) in [7, 11) is 3.88. The molecule has 1 aliphatic heterocycles. The van der Waals surface area contributed by atoms with Crippen molar-refractivity contribution in [2.75, 3.05) is 25.5 Å². The third-order valence-electron chi connectivity index (χ3n) is 6.20. The number of amides is 1. The Bertz CT molecular complexity index is 1090. The van der Waals surface area contributed by atoms with Gasteiger partial charge >= 0.3 is 0 Å². The second kappa shape index (κ2) is 10.5. The van der Waals surface area contributed by atoms with Crippen LogP contribution in [0.25, 0.3) is 11.1 Å². The summed E-state index contributed by atoms with van der Waals surface area (Å²) in [5, 5.41) is 0. The van der Waals surface area contributed by atoms with Crippen LogP contribution < -0.4 is 4.90 Å². The van der Waals surface area contributed by atoms with Gasteiger partial charge in [0.15, 0.2) is 0 Å². The lowest BCUT2D eigenvalue weighted by molar-refractivity contribution is -0.135. The van der Waals surface area contributed by atoms with Crippen LogP contribution in [-0.4, -0.2) is 51.4 Å². The second-order valence-electron chi connectivity index (χ2n) is 8.83. The Kier molecular flexibility index (Phi) is 7.27. The van der Waals surface area contributed by atoms with Crippen LogP contribution in [0, 0.1) is 6.92 Å². The molecular weight excluding hydrogens is 412 g/mol. The SMILES string of the molecule is Cc1cnccc1-c1cnc(N(C)C)nc1[C@H]1CCCCN1C(=O)CCCc1ccccn1. The molecule has 4 heterocycles. The molecule has 7 heteroatoms. The minimum absolute atomic E-state index is 0.0506. The van der Waals surface area contributed by atoms with Crippen LogP contribution in [-0.2, 0) is 11.2 Å². The van der Waals surface area contributed by atoms with Crippen LogP contribution >= 0.6 is 0 Å². The Morgan fingerprint density at radius 2 is 1.97 bits per heavy atom. The maximum atomic E-state index is 13.3. The maximum Gasteiger partial charge on any atom is 0.225 e. The summed E-state index contributed by atoms with van der Waals surface area (Å²) >= 11 is 0. The van der Waals surface area contributed by atoms with Crippen molar-refractivity contribution in [1.29, 1.82) is 0 Å². The Hall–Kier alpha value is -3.35. The van der Waals surface area contributed by atoms with Crippen molar-refractivity contribution in [3.63, 3.8) is 0 Å². The number of rotatable bonds is 7. The number of pyridine rings is 2. The van der Waals surface area contributed by atoms with Crippen LogP contribution in [0.3, 0.4) is 0 Å². The largest absolute Gasteiger partial charge is 0.347 e. The second-order valence-corrected chi connectivity index (χ2v) is 8.83. The summed E-state index contributed by atoms with van der Waals surface area (Å²) in [6.45, 7) is 2.82. The van der Waals surface area contributed by atoms with Gasteiger partial charge in [-0.2, -0.15) is 0 Å². The van der Waals surface area contributed by atoms with Crippen molar-refractivity contribution >= 4 is 11.9 Å². The molecule has 0 bridgehead atoms. The highest BCUT2D eigenvalue weighted by atomic mass is 16.2. The average molecular weight is 445 g/mol. The molecule has 3 aromatic rings. The Morgan fingerprint density at radius 3 is 2.73 bits per heavy atom. The molecular formula is C26H32N6O. The van der Waals surface area contributed by atoms with Gasteiger partial charge in [-0.15, -0.1) is 0 Å². The molecule has 1 fully saturated rings. The lowest BCUT2D eigenvalue weighted by Gasteiger charge is -2.36. The van der Waals surface area contributed by atoms with E-state index in [1.165, 1.54) is 0 Å². The first-order valence-electron chi connectivity index (χ1n) is 11.7. The van der Waals surface area contributed by atoms with Gasteiger partial charge in [-0.1, -0.05) is 6.07 Å². The smallest absolute Gasteiger partial charge is 0.225 e. The molecule has 33 heavy (non-hydrogen) atoms. The summed E-state index contributed by atoms with van der Waals surface area (Å²) in [5.74, 6) is 0.853. The average Bonchev–Trinajstić information content (AvgIpc) is 2.84. The quantitative estimate of drug-likeness (QED) is 0.538. The van der Waals surface area contributed by atoms with Crippen LogP contribution in [0.4, 0.5) is 5.95 Å². The number of hydrogen-bond donors (Lipinski definition) is 0. The van der Waals surface area contributed by atoms with E-state index in [0.717, 1.165) is 66.7 Å². The fourth-order valence-electron chi connectivity index (χ4n) is 4.46. The first kappa shape index (κ1) is 22.8. The predicted octanol–water partition coefficient (Wildman–Crippen LogP) is 4.38. The molecule has 1 saturated heterocycles. The van der Waals surface area contributed by atoms with Gasteiger partial charge in [-0.25, -0.2) is 9.97 Å². The fourth-order valence-corrected chi connectivity index (χ4v) is 4.46. The van der Waals surface area contributed by atoms with Gasteiger partial charge in [-0.3, -0.25) is 14.8 Å². The van der Waals surface area contributed by atoms with Crippen LogP contribution in [0.15, 0.2) is 49.1 Å². The number of likely N-dealkylation sites (tertiary alicyclic amines) is 1. The van der Waals surface area contributed by atoms with Gasteiger partial charge in [0, 0.05) is 63.1 Å². The maximum absolute atomic E-state index is 13.3. The first-order chi connectivity index (χ1) is 16.0. The van der Waals surface area contributed by atoms with Crippen molar-refractivity contribution in [1.82, 2.24) is 24.8 Å². The molecule has 7 nitrogen and oxygen atoms in total. The molecule has 0 spiro atoms. The van der Waals surface area contributed by atoms with Gasteiger partial charge in [0.2, 0.25) is 11.9 Å². The van der Waals surface area contributed by atoms with Gasteiger partial charge in [0.25, 0.3) is 0 Å². The predicted molar refractivity (Wildman–Crippen MR) is 130 cm³/mol. The fraction of sp³-hybridized carbons (Fsp3) is 0.423. The van der Waals surface area contributed by atoms with E-state index in [9.17, 15) is 4.79 Å². The van der Waals surface area contributed by atoms with E-state index in [1.54, 1.807) is 12.4 Å². The standard InChI is InChI=1S/C26H32N6O/c1-19-17-27-15-13-21(19)22-18-29-26(31(2)3)30-25(22)23-11-5-7-16-32(23)24(33)12-8-10-20-9-4-6-14-28-20/h4,6,9,13-15,17-18,23H,5,7-8,10-12,16H2,1-3H3/t23-/m1/s1. The molecule has 0 unspecified atom stereocenters. The molecule has 4 rings (SSSR count). The van der Waals surface area contributed by atoms with Crippen LogP contribution in [0.1, 0.15) is 55.1 Å². The third kappa shape index (κ3) is 5.35. The van der Waals surface area contributed by atoms with Crippen molar-refractivity contribution in [3.05, 3.63) is 66.0 Å². The third-order valence-corrected chi connectivity index (χ3v) is 6.20. The van der Waals surface area contributed by atoms with E-state index in [-0.39, 0.29) is 11.9 Å². The molecule has 0 N–H and O–H groups in total. The number of piperidine rings is 1. The lowest BCUT2D eigenvalue weighted by atomic mass is 9.92. The molecule has 1 aliphatic rings. The summed E-state index contributed by atoms with van der Waals surface area (Å²) < 4.78 is 0. The first-order valence-corrected chi connectivity index (χ1v) is 11.7. The lowest BCUT2D eigenvalue weighted by Crippen LogP contribution is -2.39. The number of aromatic nitrogens is 4. The molecule has 1 atom stereocenters. The topological polar surface area (TPSA) is 75.1 Å². The number of carbonyl (C=O) groups excluding carboxylic acids is 1. The number of carbonyl (C=O) groups is 1. The van der Waals surface area contributed by atoms with Crippen LogP contribution in [0.5, 0.6) is 0 Å². The Balaban J connectivity index is 1.61. The zero-order valence-corrected chi connectivity index (χ0v) is 19.7. The van der Waals surface area contributed by atoms with Crippen molar-refractivity contribution in [2.45, 2.75) is 51.5 Å². The highest BCUT2D eigenvalue weighted by Gasteiger charge is 2.31. The van der Waals surface area contributed by atoms with E-state index in [1.807, 2.05) is 67.5 Å². The van der Waals surface area contributed by atoms with E-state index in [0.29, 0.717) is 12.4 Å². The molecule has 0 aliphatic carbocycles. The molecule has 0 saturated carbocycles. The van der Waals surface area contributed by atoms with E-state index in [4.69, 9.17) is 4.98 Å². The highest BCUT2D eigenvalue weighted by Crippen LogP contribution is 2.37. The number of nitrogens with zero attached hydrogens (tertiary/aromatic N) is 6. The van der Waals surface area contributed by atoms with Crippen molar-refractivity contribution in [2.24, 2.45) is 0 Å². The minimum Gasteiger partial charge on any atom is -0.347 e. The monoisotopic (exact) mass is 444 g/mol. The molecule has 0 radical (unpaired) electrons. The van der Waals surface area contributed by atoms with E-state index < -0.39 is 0 Å². The van der Waals surface area contributed by atoms with Gasteiger partial charge in [0.1, 0.15) is 0 Å². The Morgan fingerprint density at radius 1 is 1.09 bits per heavy atom. The number of aryl methyl sites for hydroxylation is 2. The summed E-state index contributed by atoms with van der Waals surface area (Å²) in [6.07, 6.45) is 12.5. The van der Waals surface area contributed by atoms with Crippen LogP contribution in [0.2, 0.25) is 0 Å². The molecule has 172 valence electrons. The molecule has 1 amide bonds. The van der Waals surface area contributed by atoms with E-state index in [2.05, 4.69) is 15.0 Å². The van der Waals surface area contributed by atoms with Gasteiger partial charge in [-0.05, 0) is 68.4 Å². The summed E-state index contributed by atoms with van der Waals surface area (Å²) in [6, 6.07) is 7.88. The zero-order valence-electron chi connectivity index (χ0n) is 19.7. The van der Waals surface area contributed by atoms with Crippen molar-refractivity contribution < 1.29 is 4.79 Å². The highest BCUT2D eigenvalue weighted by molar-refractivity contribution is 5.78. The Labute approximate surface area is 195 Å². The number of hydrogen-bond acceptors (Lipinski definition) is 6. The van der Waals surface area contributed by atoms with E-state index >= 15 is 0 Å². The zero-order chi connectivity index (χ0) is 23.2. The molecule has 3 aromatic heterocycles. The van der Waals surface area contributed by atoms with Gasteiger partial charge in [0.05, 0.1) is 11.7 Å². The minimum atomic E-state index is -0.0506. The normalized spacial score (nSPS) is 16.0. The molecule has 0 aromatic carbocycles.